The Morgan fingerprint density at radius 1 is 1.05 bits per heavy atom. The lowest BCUT2D eigenvalue weighted by atomic mass is 9.95. The molecule has 3 aliphatic heterocycles. The maximum atomic E-state index is 13.5. The summed E-state index contributed by atoms with van der Waals surface area (Å²) in [6.07, 6.45) is 2.65. The topological polar surface area (TPSA) is 89.1 Å². The second kappa shape index (κ2) is 10.0. The molecular formula is C28H34N8O2. The molecule has 3 aromatic rings. The maximum absolute atomic E-state index is 13.5. The fourth-order valence-electron chi connectivity index (χ4n) is 5.59. The van der Waals surface area contributed by atoms with Gasteiger partial charge in [0, 0.05) is 68.5 Å². The maximum Gasteiger partial charge on any atom is 0.326 e. The summed E-state index contributed by atoms with van der Waals surface area (Å²) in [5.41, 5.74) is 5.08. The van der Waals surface area contributed by atoms with E-state index < -0.39 is 0 Å². The fourth-order valence-corrected chi connectivity index (χ4v) is 5.59. The van der Waals surface area contributed by atoms with Crippen LogP contribution in [0, 0.1) is 0 Å². The fraction of sp³-hybridized carbons (Fsp3) is 0.393. The zero-order valence-corrected chi connectivity index (χ0v) is 22.1. The predicted octanol–water partition coefficient (Wildman–Crippen LogP) is 3.91. The van der Waals surface area contributed by atoms with Gasteiger partial charge in [-0.3, -0.25) is 4.90 Å². The molecule has 0 aliphatic carbocycles. The Kier molecular flexibility index (Phi) is 6.40. The van der Waals surface area contributed by atoms with Crippen molar-refractivity contribution in [2.75, 3.05) is 74.4 Å². The monoisotopic (exact) mass is 514 g/mol. The van der Waals surface area contributed by atoms with E-state index in [0.717, 1.165) is 67.4 Å². The van der Waals surface area contributed by atoms with Crippen LogP contribution in [0.3, 0.4) is 0 Å². The normalized spacial score (nSPS) is 19.5. The Labute approximate surface area is 223 Å². The van der Waals surface area contributed by atoms with Gasteiger partial charge in [-0.1, -0.05) is 12.1 Å². The summed E-state index contributed by atoms with van der Waals surface area (Å²) in [4.78, 5) is 31.1. The number of hydrogen-bond donors (Lipinski definition) is 2. The van der Waals surface area contributed by atoms with Crippen molar-refractivity contribution in [3.63, 3.8) is 0 Å². The molecule has 10 heteroatoms. The largest absolute Gasteiger partial charge is 0.495 e. The highest BCUT2D eigenvalue weighted by molar-refractivity contribution is 5.94. The Balaban J connectivity index is 1.19. The number of nitrogens with one attached hydrogen (secondary N) is 2. The molecule has 1 saturated heterocycles. The van der Waals surface area contributed by atoms with Gasteiger partial charge in [0.05, 0.1) is 25.4 Å². The van der Waals surface area contributed by atoms with E-state index in [1.165, 1.54) is 5.69 Å². The molecule has 4 heterocycles. The van der Waals surface area contributed by atoms with Gasteiger partial charge in [-0.15, -0.1) is 0 Å². The summed E-state index contributed by atoms with van der Waals surface area (Å²) in [5, 5.41) is 6.74. The first-order chi connectivity index (χ1) is 18.5. The molecule has 0 bridgehead atoms. The summed E-state index contributed by atoms with van der Waals surface area (Å²) in [6.45, 7) is 5.44. The van der Waals surface area contributed by atoms with Crippen LogP contribution in [-0.4, -0.2) is 79.7 Å². The van der Waals surface area contributed by atoms with E-state index in [1.54, 1.807) is 19.1 Å². The summed E-state index contributed by atoms with van der Waals surface area (Å²) in [7, 11) is 5.61. The zero-order chi connectivity index (χ0) is 26.2. The lowest BCUT2D eigenvalue weighted by Gasteiger charge is -2.41. The Morgan fingerprint density at radius 3 is 2.61 bits per heavy atom. The number of para-hydroxylation sites is 1. The quantitative estimate of drug-likeness (QED) is 0.530. The van der Waals surface area contributed by atoms with Gasteiger partial charge in [0.25, 0.3) is 0 Å². The highest BCUT2D eigenvalue weighted by Crippen LogP contribution is 2.42. The molecule has 0 saturated carbocycles. The van der Waals surface area contributed by atoms with Crippen molar-refractivity contribution >= 4 is 34.9 Å². The van der Waals surface area contributed by atoms with Crippen molar-refractivity contribution in [1.29, 1.82) is 0 Å². The highest BCUT2D eigenvalue weighted by Gasteiger charge is 2.37. The van der Waals surface area contributed by atoms with Crippen LogP contribution in [0.15, 0.2) is 48.7 Å². The van der Waals surface area contributed by atoms with Crippen LogP contribution >= 0.6 is 0 Å². The molecule has 1 fully saturated rings. The first-order valence-corrected chi connectivity index (χ1v) is 13.1. The minimum absolute atomic E-state index is 0.0546. The van der Waals surface area contributed by atoms with Gasteiger partial charge in [0.15, 0.2) is 0 Å². The Hall–Kier alpha value is -4.05. The van der Waals surface area contributed by atoms with Crippen LogP contribution in [-0.2, 0) is 6.54 Å². The number of benzene rings is 2. The molecule has 3 aliphatic rings. The summed E-state index contributed by atoms with van der Waals surface area (Å²) >= 11 is 0. The average Bonchev–Trinajstić information content (AvgIpc) is 2.95. The zero-order valence-electron chi connectivity index (χ0n) is 22.1. The smallest absolute Gasteiger partial charge is 0.326 e. The van der Waals surface area contributed by atoms with Gasteiger partial charge in [-0.2, -0.15) is 4.98 Å². The number of amides is 2. The van der Waals surface area contributed by atoms with E-state index in [4.69, 9.17) is 9.72 Å². The number of aromatic nitrogens is 2. The number of anilines is 5. The molecule has 1 atom stereocenters. The van der Waals surface area contributed by atoms with Crippen LogP contribution in [0.4, 0.5) is 33.6 Å². The lowest BCUT2D eigenvalue weighted by Crippen LogP contribution is -2.48. The van der Waals surface area contributed by atoms with Gasteiger partial charge < -0.3 is 30.1 Å². The van der Waals surface area contributed by atoms with Gasteiger partial charge in [0.1, 0.15) is 11.6 Å². The van der Waals surface area contributed by atoms with Crippen LogP contribution < -0.4 is 25.2 Å². The molecule has 6 rings (SSSR count). The minimum atomic E-state index is -0.0700. The molecule has 1 aromatic heterocycles. The first-order valence-electron chi connectivity index (χ1n) is 13.1. The van der Waals surface area contributed by atoms with Crippen molar-refractivity contribution < 1.29 is 9.53 Å². The van der Waals surface area contributed by atoms with E-state index in [1.807, 2.05) is 23.2 Å². The van der Waals surface area contributed by atoms with Crippen LogP contribution in [0.2, 0.25) is 0 Å². The van der Waals surface area contributed by atoms with E-state index in [9.17, 15) is 4.79 Å². The average molecular weight is 515 g/mol. The number of rotatable bonds is 5. The third-order valence-corrected chi connectivity index (χ3v) is 7.76. The number of ether oxygens (including phenoxy) is 1. The van der Waals surface area contributed by atoms with Gasteiger partial charge >= 0.3 is 6.03 Å². The predicted molar refractivity (Wildman–Crippen MR) is 150 cm³/mol. The molecule has 2 amide bonds. The Morgan fingerprint density at radius 2 is 1.84 bits per heavy atom. The van der Waals surface area contributed by atoms with E-state index >= 15 is 0 Å². The number of methoxy groups -OCH3 is 1. The van der Waals surface area contributed by atoms with Crippen molar-refractivity contribution in [2.24, 2.45) is 0 Å². The van der Waals surface area contributed by atoms with Crippen molar-refractivity contribution in [3.8, 4) is 5.75 Å². The molecule has 0 spiro atoms. The number of urea groups is 1. The van der Waals surface area contributed by atoms with Gasteiger partial charge in [-0.05, 0) is 43.8 Å². The standard InChI is InChI=1S/C28H34N8O2/c1-33-13-15-35(16-14-33)21-9-7-20(8-10-21)31-27-30-17-19-18-36(28(37)34(2)26(19)32-27)23-11-12-29-25-22(23)5-4-6-24(25)38-3/h4-10,17,23,29H,11-16,18H2,1-3H3,(H,30,31,32)/t23-/m0/s1. The number of piperazine rings is 1. The van der Waals surface area contributed by atoms with Crippen LogP contribution in [0.5, 0.6) is 5.75 Å². The first kappa shape index (κ1) is 24.3. The van der Waals surface area contributed by atoms with Crippen molar-refractivity contribution in [3.05, 3.63) is 59.8 Å². The molecule has 198 valence electrons. The van der Waals surface area contributed by atoms with Crippen molar-refractivity contribution in [2.45, 2.75) is 19.0 Å². The lowest BCUT2D eigenvalue weighted by molar-refractivity contribution is 0.169. The van der Waals surface area contributed by atoms with E-state index in [-0.39, 0.29) is 12.1 Å². The molecule has 10 nitrogen and oxygen atoms in total. The van der Waals surface area contributed by atoms with E-state index in [2.05, 4.69) is 62.8 Å². The third kappa shape index (κ3) is 4.45. The second-order valence-electron chi connectivity index (χ2n) is 10.1. The number of carbonyl (C=O) groups is 1. The number of likely N-dealkylation sites (N-methyl/N-ethyl adjacent to an activating group) is 1. The molecule has 0 radical (unpaired) electrons. The summed E-state index contributed by atoms with van der Waals surface area (Å²) < 4.78 is 5.55. The number of carbonyl (C=O) groups excluding carboxylic acids is 1. The summed E-state index contributed by atoms with van der Waals surface area (Å²) in [5.74, 6) is 1.90. The molecule has 0 unspecified atom stereocenters. The highest BCUT2D eigenvalue weighted by atomic mass is 16.5. The van der Waals surface area contributed by atoms with Crippen LogP contribution in [0.1, 0.15) is 23.6 Å². The van der Waals surface area contributed by atoms with E-state index in [0.29, 0.717) is 18.3 Å². The van der Waals surface area contributed by atoms with Crippen LogP contribution in [0.25, 0.3) is 0 Å². The molecular weight excluding hydrogens is 480 g/mol. The van der Waals surface area contributed by atoms with Crippen molar-refractivity contribution in [1.82, 2.24) is 19.8 Å². The third-order valence-electron chi connectivity index (χ3n) is 7.76. The van der Waals surface area contributed by atoms with Gasteiger partial charge in [0.2, 0.25) is 5.95 Å². The molecule has 38 heavy (non-hydrogen) atoms. The number of fused-ring (bicyclic) bond motifs is 2. The Bertz CT molecular complexity index is 1320. The van der Waals surface area contributed by atoms with Gasteiger partial charge in [-0.25, -0.2) is 9.78 Å². The second-order valence-corrected chi connectivity index (χ2v) is 10.1. The molecule has 2 N–H and O–H groups in total. The SMILES string of the molecule is COc1cccc2c1NCC[C@@H]2N1Cc2cnc(Nc3ccc(N4CCN(C)CC4)cc3)nc2N(C)C1=O. The molecule has 2 aromatic carbocycles. The number of hydrogen-bond acceptors (Lipinski definition) is 8. The summed E-state index contributed by atoms with van der Waals surface area (Å²) in [6, 6.07) is 14.2. The minimum Gasteiger partial charge on any atom is -0.495 e. The number of nitrogens with zero attached hydrogens (tertiary/aromatic N) is 6.